The van der Waals surface area contributed by atoms with Crippen molar-refractivity contribution >= 4 is 11.9 Å². The molecule has 0 bridgehead atoms. The summed E-state index contributed by atoms with van der Waals surface area (Å²) in [6.45, 7) is 4.48. The number of nitrogens with zero attached hydrogens (tertiary/aromatic N) is 1. The van der Waals surface area contributed by atoms with Crippen molar-refractivity contribution in [2.24, 2.45) is 5.92 Å². The van der Waals surface area contributed by atoms with Crippen LogP contribution in [-0.4, -0.2) is 24.7 Å². The Kier molecular flexibility index (Phi) is 3.77. The van der Waals surface area contributed by atoms with Crippen molar-refractivity contribution in [2.75, 3.05) is 18.5 Å². The van der Waals surface area contributed by atoms with Crippen molar-refractivity contribution in [2.45, 2.75) is 20.3 Å². The summed E-state index contributed by atoms with van der Waals surface area (Å²) >= 11 is 0. The number of aliphatic carboxylic acids is 1. The average Bonchev–Trinajstić information content (AvgIpc) is 2.49. The lowest BCUT2D eigenvalue weighted by Gasteiger charge is -2.19. The van der Waals surface area contributed by atoms with E-state index >= 15 is 0 Å². The Morgan fingerprint density at radius 3 is 2.73 bits per heavy atom. The molecule has 1 aromatic heterocycles. The summed E-state index contributed by atoms with van der Waals surface area (Å²) < 4.78 is 5.43. The number of anilines is 1. The van der Waals surface area contributed by atoms with Crippen LogP contribution in [0.25, 0.3) is 0 Å². The van der Waals surface area contributed by atoms with Gasteiger partial charge in [0, 0.05) is 26.1 Å². The SMILES string of the molecule is Cc1ccc(N(C)CC(C)CC(=O)O)o1. The van der Waals surface area contributed by atoms with Crippen LogP contribution >= 0.6 is 0 Å². The summed E-state index contributed by atoms with van der Waals surface area (Å²) in [5.41, 5.74) is 0. The smallest absolute Gasteiger partial charge is 0.303 e. The first-order chi connectivity index (χ1) is 6.99. The maximum atomic E-state index is 10.5. The van der Waals surface area contributed by atoms with Gasteiger partial charge < -0.3 is 14.4 Å². The monoisotopic (exact) mass is 211 g/mol. The first kappa shape index (κ1) is 11.6. The molecule has 0 saturated carbocycles. The molecule has 4 heteroatoms. The zero-order chi connectivity index (χ0) is 11.4. The zero-order valence-electron chi connectivity index (χ0n) is 9.36. The van der Waals surface area contributed by atoms with Crippen LogP contribution in [0.15, 0.2) is 16.5 Å². The molecule has 1 rings (SSSR count). The first-order valence-corrected chi connectivity index (χ1v) is 4.98. The Balaban J connectivity index is 2.48. The fourth-order valence-electron chi connectivity index (χ4n) is 1.55. The number of hydrogen-bond donors (Lipinski definition) is 1. The summed E-state index contributed by atoms with van der Waals surface area (Å²) in [6, 6.07) is 3.79. The minimum Gasteiger partial charge on any atom is -0.481 e. The fourth-order valence-corrected chi connectivity index (χ4v) is 1.55. The minimum absolute atomic E-state index is 0.109. The Morgan fingerprint density at radius 2 is 2.27 bits per heavy atom. The van der Waals surface area contributed by atoms with Gasteiger partial charge in [-0.1, -0.05) is 6.92 Å². The van der Waals surface area contributed by atoms with E-state index in [0.717, 1.165) is 11.6 Å². The number of carbonyl (C=O) groups is 1. The quantitative estimate of drug-likeness (QED) is 0.810. The van der Waals surface area contributed by atoms with Gasteiger partial charge in [-0.15, -0.1) is 0 Å². The molecule has 4 nitrogen and oxygen atoms in total. The maximum Gasteiger partial charge on any atom is 0.303 e. The van der Waals surface area contributed by atoms with Crippen molar-refractivity contribution in [1.29, 1.82) is 0 Å². The third-order valence-corrected chi connectivity index (χ3v) is 2.21. The van der Waals surface area contributed by atoms with Gasteiger partial charge in [0.25, 0.3) is 0 Å². The first-order valence-electron chi connectivity index (χ1n) is 4.98. The Morgan fingerprint density at radius 1 is 1.60 bits per heavy atom. The molecule has 1 heterocycles. The third-order valence-electron chi connectivity index (χ3n) is 2.21. The fraction of sp³-hybridized carbons (Fsp3) is 0.545. The molecule has 1 aromatic rings. The van der Waals surface area contributed by atoms with Gasteiger partial charge >= 0.3 is 5.97 Å². The summed E-state index contributed by atoms with van der Waals surface area (Å²) in [5, 5.41) is 8.63. The Hall–Kier alpha value is -1.45. The lowest BCUT2D eigenvalue weighted by molar-refractivity contribution is -0.137. The van der Waals surface area contributed by atoms with Gasteiger partial charge in [-0.3, -0.25) is 4.79 Å². The lowest BCUT2D eigenvalue weighted by atomic mass is 10.1. The number of furan rings is 1. The van der Waals surface area contributed by atoms with Crippen molar-refractivity contribution in [3.8, 4) is 0 Å². The van der Waals surface area contributed by atoms with Crippen LogP contribution in [0.4, 0.5) is 5.88 Å². The molecule has 0 aliphatic rings. The van der Waals surface area contributed by atoms with E-state index < -0.39 is 5.97 Å². The van der Waals surface area contributed by atoms with Gasteiger partial charge in [0.15, 0.2) is 5.88 Å². The van der Waals surface area contributed by atoms with Gasteiger partial charge in [0.05, 0.1) is 0 Å². The van der Waals surface area contributed by atoms with Gasteiger partial charge in [-0.25, -0.2) is 0 Å². The number of aryl methyl sites for hydroxylation is 1. The topological polar surface area (TPSA) is 53.7 Å². The molecule has 0 spiro atoms. The van der Waals surface area contributed by atoms with Crippen molar-refractivity contribution in [3.63, 3.8) is 0 Å². The molecule has 15 heavy (non-hydrogen) atoms. The van der Waals surface area contributed by atoms with Crippen LogP contribution in [0, 0.1) is 12.8 Å². The predicted molar refractivity (Wildman–Crippen MR) is 58.1 cm³/mol. The molecule has 0 radical (unpaired) electrons. The van der Waals surface area contributed by atoms with E-state index in [1.54, 1.807) is 0 Å². The van der Waals surface area contributed by atoms with E-state index in [1.165, 1.54) is 0 Å². The molecule has 1 unspecified atom stereocenters. The predicted octanol–water partition coefficient (Wildman–Crippen LogP) is 2.14. The molecule has 0 aliphatic heterocycles. The van der Waals surface area contributed by atoms with E-state index in [-0.39, 0.29) is 12.3 Å². The highest BCUT2D eigenvalue weighted by Gasteiger charge is 2.12. The number of carboxylic acids is 1. The Labute approximate surface area is 89.5 Å². The highest BCUT2D eigenvalue weighted by atomic mass is 16.4. The highest BCUT2D eigenvalue weighted by molar-refractivity contribution is 5.67. The van der Waals surface area contributed by atoms with E-state index in [0.29, 0.717) is 6.54 Å². The van der Waals surface area contributed by atoms with E-state index in [4.69, 9.17) is 9.52 Å². The van der Waals surface area contributed by atoms with Gasteiger partial charge in [0.2, 0.25) is 0 Å². The second kappa shape index (κ2) is 4.87. The second-order valence-corrected chi connectivity index (χ2v) is 3.97. The van der Waals surface area contributed by atoms with Crippen molar-refractivity contribution in [3.05, 3.63) is 17.9 Å². The van der Waals surface area contributed by atoms with Gasteiger partial charge in [0.1, 0.15) is 5.76 Å². The van der Waals surface area contributed by atoms with Crippen LogP contribution in [0.2, 0.25) is 0 Å². The average molecular weight is 211 g/mol. The third kappa shape index (κ3) is 3.65. The summed E-state index contributed by atoms with van der Waals surface area (Å²) in [6.07, 6.45) is 0.185. The molecule has 0 aliphatic carbocycles. The molecule has 0 amide bonds. The zero-order valence-corrected chi connectivity index (χ0v) is 9.36. The minimum atomic E-state index is -0.758. The standard InChI is InChI=1S/C11H17NO3/c1-8(6-11(13)14)7-12(3)10-5-4-9(2)15-10/h4-5,8H,6-7H2,1-3H3,(H,13,14). The molecule has 1 atom stereocenters. The molecule has 0 aromatic carbocycles. The van der Waals surface area contributed by atoms with Crippen LogP contribution < -0.4 is 4.90 Å². The number of rotatable bonds is 5. The van der Waals surface area contributed by atoms with Crippen molar-refractivity contribution < 1.29 is 14.3 Å². The molecule has 84 valence electrons. The van der Waals surface area contributed by atoms with E-state index in [2.05, 4.69) is 0 Å². The Bertz CT molecular complexity index is 332. The van der Waals surface area contributed by atoms with Gasteiger partial charge in [-0.05, 0) is 18.9 Å². The summed E-state index contributed by atoms with van der Waals surface area (Å²) in [7, 11) is 1.90. The second-order valence-electron chi connectivity index (χ2n) is 3.97. The molecular weight excluding hydrogens is 194 g/mol. The normalized spacial score (nSPS) is 12.5. The molecular formula is C11H17NO3. The van der Waals surface area contributed by atoms with E-state index in [9.17, 15) is 4.79 Å². The van der Waals surface area contributed by atoms with Crippen molar-refractivity contribution in [1.82, 2.24) is 0 Å². The lowest BCUT2D eigenvalue weighted by Crippen LogP contribution is -2.24. The summed E-state index contributed by atoms with van der Waals surface area (Å²) in [5.74, 6) is 0.997. The highest BCUT2D eigenvalue weighted by Crippen LogP contribution is 2.18. The van der Waals surface area contributed by atoms with Crippen LogP contribution in [0.3, 0.4) is 0 Å². The molecule has 0 fully saturated rings. The van der Waals surface area contributed by atoms with Crippen LogP contribution in [0.1, 0.15) is 19.1 Å². The molecule has 0 saturated heterocycles. The van der Waals surface area contributed by atoms with Crippen LogP contribution in [-0.2, 0) is 4.79 Å². The number of hydrogen-bond acceptors (Lipinski definition) is 3. The largest absolute Gasteiger partial charge is 0.481 e. The van der Waals surface area contributed by atoms with Crippen LogP contribution in [0.5, 0.6) is 0 Å². The number of carboxylic acid groups (broad SMARTS) is 1. The molecule has 1 N–H and O–H groups in total. The van der Waals surface area contributed by atoms with E-state index in [1.807, 2.05) is 37.9 Å². The maximum absolute atomic E-state index is 10.5. The van der Waals surface area contributed by atoms with Gasteiger partial charge in [-0.2, -0.15) is 0 Å². The summed E-state index contributed by atoms with van der Waals surface area (Å²) in [4.78, 5) is 12.4.